The smallest absolute Gasteiger partial charge is 0.326 e. The Balaban J connectivity index is 1.62. The van der Waals surface area contributed by atoms with Gasteiger partial charge in [-0.1, -0.05) is 52.0 Å². The number of hydrogen-bond acceptors (Lipinski definition) is 28. The number of carbonyl (C=O) groups excluding carboxylic acids is 17. The fraction of sp³-hybridized carbons (Fsp3) is 0.565. The monoisotopic (exact) mass is 1950 g/mol. The number of aromatic hydroxyl groups is 2. The van der Waals surface area contributed by atoms with Crippen LogP contribution in [0.5, 0.6) is 11.5 Å². The number of amides is 17. The number of aliphatic carboxylic acids is 3. The van der Waals surface area contributed by atoms with Gasteiger partial charge < -0.3 is 159 Å². The van der Waals surface area contributed by atoms with Crippen LogP contribution in [0, 0.1) is 22.7 Å². The number of guanidine groups is 2. The van der Waals surface area contributed by atoms with Gasteiger partial charge in [0.2, 0.25) is 100 Å². The second-order valence-corrected chi connectivity index (χ2v) is 33.8. The third-order valence-electron chi connectivity index (χ3n) is 21.5. The lowest BCUT2D eigenvalue weighted by Gasteiger charge is -2.31. The SMILES string of the molecule is CC(C)[C@H](NC(=O)[C@H](C)NC(=O)[C@H](Cc1ccc(O)cc1)NC(=O)[C@H](Cc1c[nH]cn1)NC(=O)[C@@H](NC(=O)[C@H](CCCNC(=N)N)NC(=O)[C@@H]1CCCN1C(=O)[C@H](CCC(N)=O)NC(=O)[C@H](CCCNC(=N)N)NC(=O)[C@H](CCC(=O)O)NC(=O)[C@@H](NC(=O)CNC(=O)[C@H](Cc1ccc(O)cc1)NC(=O)[C@@H](NC(=O)[C@H](CCC(=O)O)NC(=O)[C@H](C)NC(=O)[C@H](C)N)C(C)C)[C@@H](C)O)[C@@H](C)O)C(=O)O. The van der Waals surface area contributed by atoms with Crippen LogP contribution in [-0.4, -0.2) is 316 Å². The van der Waals surface area contributed by atoms with Crippen molar-refractivity contribution in [3.05, 3.63) is 77.9 Å². The molecule has 0 spiro atoms. The van der Waals surface area contributed by atoms with Gasteiger partial charge in [0.15, 0.2) is 11.9 Å². The largest absolute Gasteiger partial charge is 0.508 e. The number of benzene rings is 2. The zero-order chi connectivity index (χ0) is 104. The van der Waals surface area contributed by atoms with Crippen molar-refractivity contribution in [2.75, 3.05) is 26.2 Å². The molecule has 0 unspecified atom stereocenters. The van der Waals surface area contributed by atoms with Gasteiger partial charge >= 0.3 is 17.9 Å². The van der Waals surface area contributed by atoms with Gasteiger partial charge in [0.05, 0.1) is 36.8 Å². The third-order valence-corrected chi connectivity index (χ3v) is 21.5. The Labute approximate surface area is 792 Å². The molecular weight excluding hydrogens is 1820 g/mol. The van der Waals surface area contributed by atoms with Crippen molar-refractivity contribution in [1.29, 1.82) is 10.8 Å². The Bertz CT molecular complexity index is 4750. The van der Waals surface area contributed by atoms with Gasteiger partial charge in [0, 0.05) is 64.4 Å². The number of carbonyl (C=O) groups is 20. The van der Waals surface area contributed by atoms with Crippen molar-refractivity contribution >= 4 is 130 Å². The number of aromatic nitrogens is 2. The maximum absolute atomic E-state index is 15.0. The van der Waals surface area contributed by atoms with Crippen LogP contribution in [-0.2, 0) is 115 Å². The van der Waals surface area contributed by atoms with E-state index in [-0.39, 0.29) is 81.8 Å². The zero-order valence-electron chi connectivity index (χ0n) is 77.8. The second-order valence-electron chi connectivity index (χ2n) is 33.8. The normalized spacial score (nSPS) is 15.9. The van der Waals surface area contributed by atoms with Gasteiger partial charge in [0.25, 0.3) is 0 Å². The molecule has 53 heteroatoms. The number of rotatable bonds is 59. The van der Waals surface area contributed by atoms with Gasteiger partial charge in [-0.3, -0.25) is 102 Å². The molecule has 4 rings (SSSR count). The number of phenolic OH excluding ortho intramolecular Hbond substituents is 2. The van der Waals surface area contributed by atoms with E-state index in [1.165, 1.54) is 95.7 Å². The van der Waals surface area contributed by atoms with Gasteiger partial charge in [-0.25, -0.2) is 9.78 Å². The van der Waals surface area contributed by atoms with Crippen LogP contribution in [0.1, 0.15) is 156 Å². The van der Waals surface area contributed by atoms with Crippen molar-refractivity contribution in [3.63, 3.8) is 0 Å². The molecule has 17 amide bonds. The molecule has 1 fully saturated rings. The lowest BCUT2D eigenvalue weighted by molar-refractivity contribution is -0.143. The Morgan fingerprint density at radius 3 is 1.25 bits per heavy atom. The van der Waals surface area contributed by atoms with Gasteiger partial charge in [-0.2, -0.15) is 0 Å². The first-order valence-corrected chi connectivity index (χ1v) is 44.4. The molecular formula is C85H130N26O27. The first-order valence-electron chi connectivity index (χ1n) is 44.4. The molecule has 53 nitrogen and oxygen atoms in total. The highest BCUT2D eigenvalue weighted by molar-refractivity contribution is 6.02. The number of nitrogens with two attached hydrogens (primary N) is 4. The van der Waals surface area contributed by atoms with E-state index in [1.807, 2.05) is 0 Å². The van der Waals surface area contributed by atoms with Crippen molar-refractivity contribution < 1.29 is 132 Å². The number of carboxylic acid groups (broad SMARTS) is 3. The average molecular weight is 1950 g/mol. The number of phenols is 2. The molecule has 1 aliphatic rings. The van der Waals surface area contributed by atoms with Crippen molar-refractivity contribution in [2.24, 2.45) is 34.8 Å². The van der Waals surface area contributed by atoms with E-state index in [4.69, 9.17) is 33.8 Å². The highest BCUT2D eigenvalue weighted by atomic mass is 16.4. The van der Waals surface area contributed by atoms with Crippen LogP contribution < -0.4 is 113 Å². The predicted octanol–water partition coefficient (Wildman–Crippen LogP) is -9.19. The minimum atomic E-state index is -2.05. The maximum atomic E-state index is 15.0. The summed E-state index contributed by atoms with van der Waals surface area (Å²) in [4.78, 5) is 282. The summed E-state index contributed by atoms with van der Waals surface area (Å²) in [5, 5.41) is 128. The van der Waals surface area contributed by atoms with Crippen molar-refractivity contribution in [2.45, 2.75) is 268 Å². The lowest BCUT2D eigenvalue weighted by Crippen LogP contribution is -2.62. The third kappa shape index (κ3) is 40.3. The lowest BCUT2D eigenvalue weighted by atomic mass is 10.00. The predicted molar refractivity (Wildman–Crippen MR) is 487 cm³/mol. The number of aromatic amines is 1. The molecule has 35 N–H and O–H groups in total. The van der Waals surface area contributed by atoms with E-state index in [0.29, 0.717) is 11.1 Å². The first kappa shape index (κ1) is 115. The second kappa shape index (κ2) is 57.1. The van der Waals surface area contributed by atoms with Crippen LogP contribution in [0.4, 0.5) is 0 Å². The molecule has 1 aromatic heterocycles. The zero-order valence-corrected chi connectivity index (χ0v) is 77.8. The number of imidazole rings is 1. The van der Waals surface area contributed by atoms with Crippen molar-refractivity contribution in [3.8, 4) is 11.5 Å². The molecule has 2 aromatic carbocycles. The minimum Gasteiger partial charge on any atom is -0.508 e. The molecule has 3 aromatic rings. The number of carboxylic acids is 3. The number of aliphatic hydroxyl groups is 2. The molecule has 0 aliphatic carbocycles. The summed E-state index contributed by atoms with van der Waals surface area (Å²) in [6.45, 7) is 10.5. The minimum absolute atomic E-state index is 0.0571. The van der Waals surface area contributed by atoms with E-state index in [9.17, 15) is 127 Å². The summed E-state index contributed by atoms with van der Waals surface area (Å²) in [7, 11) is 0. The summed E-state index contributed by atoms with van der Waals surface area (Å²) in [5.41, 5.74) is 23.0. The summed E-state index contributed by atoms with van der Waals surface area (Å²) >= 11 is 0. The molecule has 0 bridgehead atoms. The standard InChI is InChI=1S/C85H130N26O27/c1-39(2)64(108-75(129)54(26-29-63(120)121)99-69(123)42(6)97-68(122)41(5)86)79(133)105-56(33-46-16-20-49(114)21-17-46)71(125)95-37-61(117)107-66(44(8)112)80(134)102-53(25-28-62(118)119)73(127)100-51(13-10-30-93-84(88)89)72(126)103-55(24-27-60(87)116)82(136)111-32-12-15-59(111)78(132)101-52(14-11-31-94-85(90)91)74(128)110-67(45(9)113)81(135)106-58(35-48-36-92-38-96-48)77(131)104-57(34-47-18-22-50(115)23-19-47)76(130)98-43(7)70(124)109-65(40(3)4)83(137)138/h16-23,36,38-45,51-59,64-67,112-115H,10-15,24-35,37,86H2,1-9H3,(H2,87,116)(H,92,96)(H,95,125)(H,97,122)(H,98,130)(H,99,123)(H,100,127)(H,101,132)(H,102,134)(H,103,126)(H,104,131)(H,105,133)(H,106,135)(H,107,117)(H,108,129)(H,109,124)(H,110,128)(H,118,119)(H,120,121)(H,137,138)(H4,88,89,93)(H4,90,91,94)/t41-,42-,43-,44+,45+,51-,52-,53-,54-,55-,56-,57-,58-,59-,64-,65-,66-,67-/m0/s1. The molecule has 1 aliphatic heterocycles. The number of hydrogen-bond donors (Lipinski definition) is 31. The fourth-order valence-electron chi connectivity index (χ4n) is 13.8. The van der Waals surface area contributed by atoms with E-state index < -0.39 is 309 Å². The van der Waals surface area contributed by atoms with Crippen LogP contribution in [0.15, 0.2) is 61.1 Å². The number of nitrogens with zero attached hydrogens (tertiary/aromatic N) is 2. The number of aliphatic hydroxyl groups excluding tert-OH is 2. The number of H-pyrrole nitrogens is 1. The number of likely N-dealkylation sites (tertiary alicyclic amines) is 1. The maximum Gasteiger partial charge on any atom is 0.326 e. The Kier molecular flexibility index (Phi) is 47.7. The van der Waals surface area contributed by atoms with Crippen LogP contribution in [0.2, 0.25) is 0 Å². The molecule has 0 radical (unpaired) electrons. The summed E-state index contributed by atoms with van der Waals surface area (Å²) in [6.07, 6.45) is -7.14. The van der Waals surface area contributed by atoms with Crippen LogP contribution in [0.25, 0.3) is 0 Å². The molecule has 18 atom stereocenters. The van der Waals surface area contributed by atoms with E-state index in [2.05, 4.69) is 100 Å². The number of primary amides is 1. The number of nitrogens with one attached hydrogen (secondary N) is 20. The summed E-state index contributed by atoms with van der Waals surface area (Å²) in [6, 6.07) is -15.2. The molecule has 1 saturated heterocycles. The Morgan fingerprint density at radius 2 is 0.804 bits per heavy atom. The van der Waals surface area contributed by atoms with Crippen LogP contribution in [0.3, 0.4) is 0 Å². The Hall–Kier alpha value is -14.9. The average Bonchev–Trinajstić information content (AvgIpc) is 1.63. The molecule has 762 valence electrons. The fourth-order valence-corrected chi connectivity index (χ4v) is 13.8. The highest BCUT2D eigenvalue weighted by Gasteiger charge is 2.43. The quantitative estimate of drug-likeness (QED) is 0.0142. The van der Waals surface area contributed by atoms with Gasteiger partial charge in [-0.15, -0.1) is 0 Å². The summed E-state index contributed by atoms with van der Waals surface area (Å²) in [5.74, 6) is -25.3. The Morgan fingerprint density at radius 1 is 0.428 bits per heavy atom. The van der Waals surface area contributed by atoms with Gasteiger partial charge in [0.1, 0.15) is 102 Å². The highest BCUT2D eigenvalue weighted by Crippen LogP contribution is 2.23. The van der Waals surface area contributed by atoms with Crippen LogP contribution >= 0.6 is 0 Å². The van der Waals surface area contributed by atoms with E-state index in [1.54, 1.807) is 13.8 Å². The summed E-state index contributed by atoms with van der Waals surface area (Å²) < 4.78 is 0. The van der Waals surface area contributed by atoms with E-state index >= 15 is 4.79 Å². The first-order chi connectivity index (χ1) is 64.8. The molecule has 138 heavy (non-hydrogen) atoms. The topological polar surface area (TPSA) is 871 Å². The van der Waals surface area contributed by atoms with Crippen molar-refractivity contribution in [1.82, 2.24) is 105 Å². The van der Waals surface area contributed by atoms with E-state index in [0.717, 1.165) is 18.7 Å². The molecule has 2 heterocycles. The van der Waals surface area contributed by atoms with Gasteiger partial charge in [-0.05, 0) is 140 Å². The molecule has 0 saturated carbocycles.